The largest absolute Gasteiger partial charge is 0.497 e. The van der Waals surface area contributed by atoms with Crippen LogP contribution in [0.1, 0.15) is 23.4 Å². The summed E-state index contributed by atoms with van der Waals surface area (Å²) in [4.78, 5) is 31.4. The number of amides is 3. The molecule has 2 aromatic carbocycles. The van der Waals surface area contributed by atoms with Crippen LogP contribution in [0.4, 0.5) is 4.79 Å². The third-order valence-corrected chi connectivity index (χ3v) is 5.83. The van der Waals surface area contributed by atoms with Gasteiger partial charge in [0.25, 0.3) is 5.91 Å². The number of carbonyl (C=O) groups excluding carboxylic acids is 2. The van der Waals surface area contributed by atoms with E-state index in [1.807, 2.05) is 24.3 Å². The van der Waals surface area contributed by atoms with Crippen LogP contribution >= 0.6 is 0 Å². The van der Waals surface area contributed by atoms with Gasteiger partial charge >= 0.3 is 6.03 Å². The highest BCUT2D eigenvalue weighted by Crippen LogP contribution is 2.41. The second-order valence-corrected chi connectivity index (χ2v) is 7.46. The molecule has 1 N–H and O–H groups in total. The Hall–Kier alpha value is -3.88. The molecular formula is C22H20N4O5. The molecule has 5 rings (SSSR count). The molecule has 0 unspecified atom stereocenters. The van der Waals surface area contributed by atoms with Crippen molar-refractivity contribution in [2.45, 2.75) is 24.9 Å². The summed E-state index contributed by atoms with van der Waals surface area (Å²) in [7, 11) is 3.10. The number of carbonyl (C=O) groups is 2. The fraction of sp³-hybridized carbons (Fsp3) is 0.273. The highest BCUT2D eigenvalue weighted by molar-refractivity contribution is 6.08. The van der Waals surface area contributed by atoms with Crippen LogP contribution in [-0.4, -0.2) is 41.2 Å². The van der Waals surface area contributed by atoms with Gasteiger partial charge in [0.1, 0.15) is 23.6 Å². The minimum absolute atomic E-state index is 0.111. The zero-order chi connectivity index (χ0) is 21.6. The maximum atomic E-state index is 13.3. The molecule has 158 valence electrons. The summed E-state index contributed by atoms with van der Waals surface area (Å²) in [6.45, 7) is -0.111. The predicted octanol–water partition coefficient (Wildman–Crippen LogP) is 2.65. The minimum atomic E-state index is -1.02. The molecule has 1 aromatic heterocycles. The molecule has 0 radical (unpaired) electrons. The minimum Gasteiger partial charge on any atom is -0.497 e. The van der Waals surface area contributed by atoms with Crippen molar-refractivity contribution in [1.82, 2.24) is 20.4 Å². The van der Waals surface area contributed by atoms with Crippen LogP contribution < -0.4 is 14.8 Å². The standard InChI is InChI=1S/C22H20N4O5/c1-29-14-7-8-15(17(11-14)30-2)19-23-18(31-25-19)12-26-20(27)22(24-21(26)28)10-9-13-5-3-4-6-16(13)22/h3-8,11H,9-10,12H2,1-2H3,(H,24,28)/t22-/m1/s1. The lowest BCUT2D eigenvalue weighted by Gasteiger charge is -2.21. The lowest BCUT2D eigenvalue weighted by Crippen LogP contribution is -2.41. The van der Waals surface area contributed by atoms with Crippen LogP contribution in [0, 0.1) is 0 Å². The summed E-state index contributed by atoms with van der Waals surface area (Å²) in [6, 6.07) is 12.4. The van der Waals surface area contributed by atoms with Crippen molar-refractivity contribution in [3.05, 3.63) is 59.5 Å². The van der Waals surface area contributed by atoms with Crippen molar-refractivity contribution in [1.29, 1.82) is 0 Å². The Labute approximate surface area is 177 Å². The molecule has 1 spiro atoms. The van der Waals surface area contributed by atoms with Crippen LogP contribution in [0.15, 0.2) is 47.0 Å². The molecule has 3 aromatic rings. The number of benzene rings is 2. The maximum Gasteiger partial charge on any atom is 0.325 e. The molecule has 9 heteroatoms. The van der Waals surface area contributed by atoms with E-state index in [9.17, 15) is 9.59 Å². The van der Waals surface area contributed by atoms with E-state index in [0.29, 0.717) is 29.3 Å². The number of hydrogen-bond donors (Lipinski definition) is 1. The van der Waals surface area contributed by atoms with Gasteiger partial charge in [-0.25, -0.2) is 4.79 Å². The monoisotopic (exact) mass is 420 g/mol. The van der Waals surface area contributed by atoms with Gasteiger partial charge in [-0.2, -0.15) is 4.98 Å². The van der Waals surface area contributed by atoms with E-state index in [2.05, 4.69) is 15.5 Å². The fourth-order valence-electron chi connectivity index (χ4n) is 4.28. The Morgan fingerprint density at radius 3 is 2.81 bits per heavy atom. The van der Waals surface area contributed by atoms with E-state index < -0.39 is 11.6 Å². The van der Waals surface area contributed by atoms with Crippen LogP contribution in [-0.2, 0) is 23.3 Å². The molecule has 1 atom stereocenters. The third kappa shape index (κ3) is 2.92. The molecule has 31 heavy (non-hydrogen) atoms. The Morgan fingerprint density at radius 2 is 2.00 bits per heavy atom. The molecular weight excluding hydrogens is 400 g/mol. The molecule has 0 saturated carbocycles. The van der Waals surface area contributed by atoms with Crippen LogP contribution in [0.3, 0.4) is 0 Å². The van der Waals surface area contributed by atoms with Gasteiger partial charge < -0.3 is 19.3 Å². The fourth-order valence-corrected chi connectivity index (χ4v) is 4.28. The zero-order valence-electron chi connectivity index (χ0n) is 17.0. The molecule has 1 aliphatic carbocycles. The average molecular weight is 420 g/mol. The van der Waals surface area contributed by atoms with Gasteiger partial charge in [-0.1, -0.05) is 29.4 Å². The number of aromatic nitrogens is 2. The number of aryl methyl sites for hydroxylation is 1. The third-order valence-electron chi connectivity index (χ3n) is 5.83. The van der Waals surface area contributed by atoms with Gasteiger partial charge in [0.2, 0.25) is 11.7 Å². The van der Waals surface area contributed by atoms with E-state index in [0.717, 1.165) is 22.4 Å². The summed E-state index contributed by atoms with van der Waals surface area (Å²) in [5.74, 6) is 1.29. The Balaban J connectivity index is 1.40. The van der Waals surface area contributed by atoms with Crippen LogP contribution in [0.5, 0.6) is 11.5 Å². The summed E-state index contributed by atoms with van der Waals surface area (Å²) < 4.78 is 15.9. The highest BCUT2D eigenvalue weighted by Gasteiger charge is 2.55. The SMILES string of the molecule is COc1ccc(-c2noc(CN3C(=O)N[C@@]4(CCc5ccccc54)C3=O)n2)c(OC)c1. The van der Waals surface area contributed by atoms with E-state index in [1.165, 1.54) is 7.11 Å². The molecule has 2 heterocycles. The van der Waals surface area contributed by atoms with Crippen LogP contribution in [0.25, 0.3) is 11.4 Å². The zero-order valence-corrected chi connectivity index (χ0v) is 17.0. The molecule has 1 fully saturated rings. The van der Waals surface area contributed by atoms with Gasteiger partial charge in [-0.3, -0.25) is 9.69 Å². The number of rotatable bonds is 5. The van der Waals surface area contributed by atoms with Crippen molar-refractivity contribution in [2.75, 3.05) is 14.2 Å². The molecule has 9 nitrogen and oxygen atoms in total. The second kappa shape index (κ2) is 7.12. The number of ether oxygens (including phenoxy) is 2. The quantitative estimate of drug-likeness (QED) is 0.633. The molecule has 3 amide bonds. The van der Waals surface area contributed by atoms with E-state index >= 15 is 0 Å². The molecule has 0 bridgehead atoms. The summed E-state index contributed by atoms with van der Waals surface area (Å²) in [6.07, 6.45) is 1.27. The summed E-state index contributed by atoms with van der Waals surface area (Å²) >= 11 is 0. The van der Waals surface area contributed by atoms with Crippen LogP contribution in [0.2, 0.25) is 0 Å². The number of methoxy groups -OCH3 is 2. The van der Waals surface area contributed by atoms with Crippen molar-refractivity contribution in [3.63, 3.8) is 0 Å². The lowest BCUT2D eigenvalue weighted by molar-refractivity contribution is -0.132. The summed E-state index contributed by atoms with van der Waals surface area (Å²) in [5.41, 5.74) is 1.52. The number of hydrogen-bond acceptors (Lipinski definition) is 7. The van der Waals surface area contributed by atoms with Crippen molar-refractivity contribution < 1.29 is 23.6 Å². The van der Waals surface area contributed by atoms with Crippen molar-refractivity contribution in [3.8, 4) is 22.9 Å². The first-order chi connectivity index (χ1) is 15.1. The number of urea groups is 1. The number of nitrogens with zero attached hydrogens (tertiary/aromatic N) is 3. The molecule has 1 saturated heterocycles. The highest BCUT2D eigenvalue weighted by atomic mass is 16.5. The van der Waals surface area contributed by atoms with Gasteiger partial charge in [0.15, 0.2) is 0 Å². The van der Waals surface area contributed by atoms with E-state index in [-0.39, 0.29) is 18.3 Å². The first kappa shape index (κ1) is 19.1. The van der Waals surface area contributed by atoms with Crippen molar-refractivity contribution in [2.24, 2.45) is 0 Å². The topological polar surface area (TPSA) is 107 Å². The molecule has 2 aliphatic rings. The first-order valence-electron chi connectivity index (χ1n) is 9.83. The smallest absolute Gasteiger partial charge is 0.325 e. The number of imide groups is 1. The Bertz CT molecular complexity index is 1190. The normalized spacial score (nSPS) is 19.6. The predicted molar refractivity (Wildman–Crippen MR) is 108 cm³/mol. The Kier molecular flexibility index (Phi) is 4.39. The lowest BCUT2D eigenvalue weighted by atomic mass is 9.92. The maximum absolute atomic E-state index is 13.3. The number of fused-ring (bicyclic) bond motifs is 2. The van der Waals surface area contributed by atoms with Gasteiger partial charge in [0, 0.05) is 6.07 Å². The number of nitrogens with one attached hydrogen (secondary N) is 1. The summed E-state index contributed by atoms with van der Waals surface area (Å²) in [5, 5.41) is 6.88. The van der Waals surface area contributed by atoms with Gasteiger partial charge in [-0.15, -0.1) is 0 Å². The Morgan fingerprint density at radius 1 is 1.16 bits per heavy atom. The second-order valence-electron chi connectivity index (χ2n) is 7.46. The van der Waals surface area contributed by atoms with E-state index in [1.54, 1.807) is 25.3 Å². The first-order valence-corrected chi connectivity index (χ1v) is 9.83. The molecule has 1 aliphatic heterocycles. The van der Waals surface area contributed by atoms with Gasteiger partial charge in [-0.05, 0) is 36.1 Å². The average Bonchev–Trinajstić information content (AvgIpc) is 3.48. The van der Waals surface area contributed by atoms with E-state index in [4.69, 9.17) is 14.0 Å². The van der Waals surface area contributed by atoms with Crippen molar-refractivity contribution >= 4 is 11.9 Å². The van der Waals surface area contributed by atoms with Gasteiger partial charge in [0.05, 0.1) is 19.8 Å².